The van der Waals surface area contributed by atoms with Crippen LogP contribution in [-0.2, 0) is 0 Å². The quantitative estimate of drug-likeness (QED) is 0.885. The molecule has 0 saturated heterocycles. The molecule has 1 unspecified atom stereocenters. The fourth-order valence-electron chi connectivity index (χ4n) is 2.51. The maximum absolute atomic E-state index is 13.2. The van der Waals surface area contributed by atoms with Gasteiger partial charge in [0, 0.05) is 31.9 Å². The summed E-state index contributed by atoms with van der Waals surface area (Å²) >= 11 is 0. The van der Waals surface area contributed by atoms with Gasteiger partial charge in [-0.15, -0.1) is 0 Å². The highest BCUT2D eigenvalue weighted by atomic mass is 19.1. The van der Waals surface area contributed by atoms with E-state index in [9.17, 15) is 9.18 Å². The van der Waals surface area contributed by atoms with Gasteiger partial charge in [0.25, 0.3) is 5.91 Å². The van der Waals surface area contributed by atoms with Crippen molar-refractivity contribution in [2.75, 3.05) is 39.6 Å². The summed E-state index contributed by atoms with van der Waals surface area (Å²) < 4.78 is 13.2. The number of hydrogen-bond donors (Lipinski definition) is 1. The van der Waals surface area contributed by atoms with E-state index in [0.717, 1.165) is 11.3 Å². The molecule has 1 amide bonds. The standard InChI is InChI=1S/C19H24FN3O/c1-22(2)17-10-8-14(9-11-17)18(23(3)4)13-21-19(24)15-6-5-7-16(20)12-15/h5-12,18H,13H2,1-4H3,(H,21,24). The van der Waals surface area contributed by atoms with Gasteiger partial charge in [0.05, 0.1) is 6.04 Å². The first kappa shape index (κ1) is 17.9. The Kier molecular flexibility index (Phi) is 5.93. The van der Waals surface area contributed by atoms with Crippen molar-refractivity contribution in [3.63, 3.8) is 0 Å². The van der Waals surface area contributed by atoms with Crippen molar-refractivity contribution in [1.29, 1.82) is 0 Å². The molecular weight excluding hydrogens is 305 g/mol. The average Bonchev–Trinajstić information content (AvgIpc) is 2.55. The van der Waals surface area contributed by atoms with Gasteiger partial charge in [-0.2, -0.15) is 0 Å². The zero-order chi connectivity index (χ0) is 17.7. The molecule has 0 aliphatic heterocycles. The van der Waals surface area contributed by atoms with Crippen molar-refractivity contribution >= 4 is 11.6 Å². The number of carbonyl (C=O) groups excluding carboxylic acids is 1. The van der Waals surface area contributed by atoms with Crippen molar-refractivity contribution in [2.24, 2.45) is 0 Å². The van der Waals surface area contributed by atoms with Crippen LogP contribution >= 0.6 is 0 Å². The number of likely N-dealkylation sites (N-methyl/N-ethyl adjacent to an activating group) is 1. The Balaban J connectivity index is 2.07. The third kappa shape index (κ3) is 4.55. The number of carbonyl (C=O) groups is 1. The second-order valence-corrected chi connectivity index (χ2v) is 6.19. The molecule has 0 radical (unpaired) electrons. The molecule has 0 bridgehead atoms. The van der Waals surface area contributed by atoms with E-state index in [2.05, 4.69) is 34.5 Å². The number of nitrogens with zero attached hydrogens (tertiary/aromatic N) is 2. The van der Waals surface area contributed by atoms with E-state index in [1.807, 2.05) is 33.1 Å². The van der Waals surface area contributed by atoms with Crippen LogP contribution in [0.2, 0.25) is 0 Å². The molecule has 1 atom stereocenters. The van der Waals surface area contributed by atoms with E-state index >= 15 is 0 Å². The summed E-state index contributed by atoms with van der Waals surface area (Å²) in [5.74, 6) is -0.683. The van der Waals surface area contributed by atoms with Gasteiger partial charge in [0.15, 0.2) is 0 Å². The van der Waals surface area contributed by atoms with Gasteiger partial charge in [-0.05, 0) is 50.0 Å². The largest absolute Gasteiger partial charge is 0.378 e. The minimum Gasteiger partial charge on any atom is -0.378 e. The molecule has 5 heteroatoms. The molecule has 0 aliphatic carbocycles. The monoisotopic (exact) mass is 329 g/mol. The van der Waals surface area contributed by atoms with Gasteiger partial charge in [-0.1, -0.05) is 18.2 Å². The molecule has 128 valence electrons. The Morgan fingerprint density at radius 1 is 1.08 bits per heavy atom. The second-order valence-electron chi connectivity index (χ2n) is 6.19. The zero-order valence-corrected chi connectivity index (χ0v) is 14.6. The Morgan fingerprint density at radius 3 is 2.29 bits per heavy atom. The number of anilines is 1. The summed E-state index contributed by atoms with van der Waals surface area (Å²) in [6.45, 7) is 0.448. The SMILES string of the molecule is CN(C)c1ccc(C(CNC(=O)c2cccc(F)c2)N(C)C)cc1. The van der Waals surface area contributed by atoms with E-state index in [-0.39, 0.29) is 11.9 Å². The van der Waals surface area contributed by atoms with Gasteiger partial charge in [-0.3, -0.25) is 4.79 Å². The van der Waals surface area contributed by atoms with Crippen molar-refractivity contribution in [1.82, 2.24) is 10.2 Å². The van der Waals surface area contributed by atoms with Crippen LogP contribution in [0.25, 0.3) is 0 Å². The maximum atomic E-state index is 13.2. The van der Waals surface area contributed by atoms with Gasteiger partial charge >= 0.3 is 0 Å². The number of benzene rings is 2. The molecule has 2 rings (SSSR count). The lowest BCUT2D eigenvalue weighted by Gasteiger charge is -2.25. The predicted molar refractivity (Wildman–Crippen MR) is 95.9 cm³/mol. The summed E-state index contributed by atoms with van der Waals surface area (Å²) in [7, 11) is 7.94. The lowest BCUT2D eigenvalue weighted by Crippen LogP contribution is -2.34. The summed E-state index contributed by atoms with van der Waals surface area (Å²) in [6.07, 6.45) is 0. The van der Waals surface area contributed by atoms with Crippen LogP contribution in [0.4, 0.5) is 10.1 Å². The van der Waals surface area contributed by atoms with E-state index in [0.29, 0.717) is 12.1 Å². The molecule has 24 heavy (non-hydrogen) atoms. The Bertz CT molecular complexity index is 683. The van der Waals surface area contributed by atoms with Crippen molar-refractivity contribution in [3.8, 4) is 0 Å². The Labute approximate surface area is 142 Å². The van der Waals surface area contributed by atoms with Gasteiger partial charge in [-0.25, -0.2) is 4.39 Å². The fourth-order valence-corrected chi connectivity index (χ4v) is 2.51. The topological polar surface area (TPSA) is 35.6 Å². The van der Waals surface area contributed by atoms with E-state index in [1.165, 1.54) is 18.2 Å². The van der Waals surface area contributed by atoms with Crippen LogP contribution < -0.4 is 10.2 Å². The molecular formula is C19H24FN3O. The first-order chi connectivity index (χ1) is 11.4. The zero-order valence-electron chi connectivity index (χ0n) is 14.6. The normalized spacial score (nSPS) is 12.1. The smallest absolute Gasteiger partial charge is 0.251 e. The third-order valence-electron chi connectivity index (χ3n) is 3.96. The molecule has 4 nitrogen and oxygen atoms in total. The molecule has 2 aromatic rings. The van der Waals surface area contributed by atoms with E-state index < -0.39 is 5.82 Å². The van der Waals surface area contributed by atoms with Crippen LogP contribution in [0.1, 0.15) is 22.0 Å². The van der Waals surface area contributed by atoms with E-state index in [1.54, 1.807) is 6.07 Å². The van der Waals surface area contributed by atoms with Gasteiger partial charge in [0.1, 0.15) is 5.82 Å². The predicted octanol–water partition coefficient (Wildman–Crippen LogP) is 2.92. The highest BCUT2D eigenvalue weighted by molar-refractivity contribution is 5.94. The highest BCUT2D eigenvalue weighted by Crippen LogP contribution is 2.21. The van der Waals surface area contributed by atoms with Crippen LogP contribution in [-0.4, -0.2) is 45.5 Å². The first-order valence-electron chi connectivity index (χ1n) is 7.86. The van der Waals surface area contributed by atoms with Crippen molar-refractivity contribution in [2.45, 2.75) is 6.04 Å². The van der Waals surface area contributed by atoms with Crippen LogP contribution in [0.3, 0.4) is 0 Å². The molecule has 1 N–H and O–H groups in total. The number of hydrogen-bond acceptors (Lipinski definition) is 3. The first-order valence-corrected chi connectivity index (χ1v) is 7.86. The van der Waals surface area contributed by atoms with E-state index in [4.69, 9.17) is 0 Å². The number of amides is 1. The number of halogens is 1. The lowest BCUT2D eigenvalue weighted by atomic mass is 10.0. The molecule has 0 heterocycles. The van der Waals surface area contributed by atoms with Crippen molar-refractivity contribution in [3.05, 3.63) is 65.5 Å². The van der Waals surface area contributed by atoms with Crippen LogP contribution in [0.15, 0.2) is 48.5 Å². The molecule has 0 aromatic heterocycles. The summed E-state index contributed by atoms with van der Waals surface area (Å²) in [5, 5.41) is 2.89. The van der Waals surface area contributed by atoms with Gasteiger partial charge < -0.3 is 15.1 Å². The second kappa shape index (κ2) is 7.93. The van der Waals surface area contributed by atoms with Crippen LogP contribution in [0.5, 0.6) is 0 Å². The Hall–Kier alpha value is -2.40. The lowest BCUT2D eigenvalue weighted by molar-refractivity contribution is 0.0941. The third-order valence-corrected chi connectivity index (χ3v) is 3.96. The summed E-state index contributed by atoms with van der Waals surface area (Å²) in [5.41, 5.74) is 2.57. The maximum Gasteiger partial charge on any atom is 0.251 e. The molecule has 0 aliphatic rings. The molecule has 0 saturated carbocycles. The molecule has 2 aromatic carbocycles. The Morgan fingerprint density at radius 2 is 1.75 bits per heavy atom. The molecule has 0 spiro atoms. The minimum atomic E-state index is -0.411. The minimum absolute atomic E-state index is 0.0405. The number of rotatable bonds is 6. The summed E-state index contributed by atoms with van der Waals surface area (Å²) in [4.78, 5) is 16.3. The average molecular weight is 329 g/mol. The summed E-state index contributed by atoms with van der Waals surface area (Å²) in [6, 6.07) is 14.0. The fraction of sp³-hybridized carbons (Fsp3) is 0.316. The highest BCUT2D eigenvalue weighted by Gasteiger charge is 2.16. The number of nitrogens with one attached hydrogen (secondary N) is 1. The van der Waals surface area contributed by atoms with Crippen molar-refractivity contribution < 1.29 is 9.18 Å². The van der Waals surface area contributed by atoms with Gasteiger partial charge in [0.2, 0.25) is 0 Å². The van der Waals surface area contributed by atoms with Crippen LogP contribution in [0, 0.1) is 5.82 Å². The molecule has 0 fully saturated rings.